The summed E-state index contributed by atoms with van der Waals surface area (Å²) >= 11 is 0. The molecule has 0 aromatic heterocycles. The first kappa shape index (κ1) is 14.9. The van der Waals surface area contributed by atoms with Crippen LogP contribution in [-0.2, 0) is 14.3 Å². The van der Waals surface area contributed by atoms with Crippen molar-refractivity contribution in [1.82, 2.24) is 5.32 Å². The standard InChI is InChI=1S/C11H22N2O3/c1-8(2)10(12)11(15)13-7-5-4-6-9(14)16-3/h8,10H,4-7,12H2,1-3H3,(H,13,15)/t10-/m0/s1. The summed E-state index contributed by atoms with van der Waals surface area (Å²) in [5, 5.41) is 2.74. The van der Waals surface area contributed by atoms with Crippen LogP contribution in [0.1, 0.15) is 33.1 Å². The van der Waals surface area contributed by atoms with E-state index in [4.69, 9.17) is 5.73 Å². The van der Waals surface area contributed by atoms with Crippen molar-refractivity contribution in [2.45, 2.75) is 39.2 Å². The topological polar surface area (TPSA) is 81.4 Å². The molecule has 1 atom stereocenters. The summed E-state index contributed by atoms with van der Waals surface area (Å²) < 4.78 is 4.50. The molecule has 0 aromatic rings. The van der Waals surface area contributed by atoms with E-state index in [0.29, 0.717) is 19.4 Å². The Hall–Kier alpha value is -1.10. The lowest BCUT2D eigenvalue weighted by molar-refractivity contribution is -0.140. The summed E-state index contributed by atoms with van der Waals surface area (Å²) in [5.74, 6) is -0.214. The van der Waals surface area contributed by atoms with Gasteiger partial charge in [0.1, 0.15) is 0 Å². The van der Waals surface area contributed by atoms with E-state index in [9.17, 15) is 9.59 Å². The maximum atomic E-state index is 11.4. The van der Waals surface area contributed by atoms with E-state index in [0.717, 1.165) is 6.42 Å². The van der Waals surface area contributed by atoms with Gasteiger partial charge in [-0.3, -0.25) is 9.59 Å². The highest BCUT2D eigenvalue weighted by molar-refractivity contribution is 5.81. The number of unbranched alkanes of at least 4 members (excludes halogenated alkanes) is 1. The van der Waals surface area contributed by atoms with Crippen LogP contribution in [0.3, 0.4) is 0 Å². The van der Waals surface area contributed by atoms with Gasteiger partial charge in [0.15, 0.2) is 0 Å². The van der Waals surface area contributed by atoms with E-state index in [1.807, 2.05) is 13.8 Å². The molecule has 0 aromatic carbocycles. The van der Waals surface area contributed by atoms with Crippen LogP contribution in [0.25, 0.3) is 0 Å². The molecule has 3 N–H and O–H groups in total. The van der Waals surface area contributed by atoms with Crippen molar-refractivity contribution < 1.29 is 14.3 Å². The first-order chi connectivity index (χ1) is 7.49. The van der Waals surface area contributed by atoms with Crippen molar-refractivity contribution in [2.75, 3.05) is 13.7 Å². The van der Waals surface area contributed by atoms with Crippen LogP contribution < -0.4 is 11.1 Å². The highest BCUT2D eigenvalue weighted by Crippen LogP contribution is 1.99. The molecule has 16 heavy (non-hydrogen) atoms. The predicted molar refractivity (Wildman–Crippen MR) is 61.7 cm³/mol. The number of esters is 1. The molecule has 0 fully saturated rings. The average molecular weight is 230 g/mol. The minimum absolute atomic E-state index is 0.131. The van der Waals surface area contributed by atoms with Crippen molar-refractivity contribution >= 4 is 11.9 Å². The second-order valence-corrected chi connectivity index (χ2v) is 4.09. The molecule has 0 radical (unpaired) electrons. The summed E-state index contributed by atoms with van der Waals surface area (Å²) in [5.41, 5.74) is 5.66. The minimum Gasteiger partial charge on any atom is -0.469 e. The van der Waals surface area contributed by atoms with Gasteiger partial charge in [-0.25, -0.2) is 0 Å². The second kappa shape index (κ2) is 8.10. The van der Waals surface area contributed by atoms with Crippen LogP contribution in [0.4, 0.5) is 0 Å². The summed E-state index contributed by atoms with van der Waals surface area (Å²) in [6.07, 6.45) is 1.86. The zero-order valence-electron chi connectivity index (χ0n) is 10.3. The fourth-order valence-corrected chi connectivity index (χ4v) is 1.13. The number of ether oxygens (including phenoxy) is 1. The normalized spacial score (nSPS) is 12.3. The molecule has 0 bridgehead atoms. The van der Waals surface area contributed by atoms with Gasteiger partial charge in [0.2, 0.25) is 5.91 Å². The lowest BCUT2D eigenvalue weighted by Gasteiger charge is -2.15. The molecule has 0 saturated heterocycles. The predicted octanol–water partition coefficient (Wildman–Crippen LogP) is 0.429. The Labute approximate surface area is 96.7 Å². The lowest BCUT2D eigenvalue weighted by atomic mass is 10.1. The summed E-state index contributed by atoms with van der Waals surface area (Å²) in [6.45, 7) is 4.36. The Kier molecular flexibility index (Phi) is 7.54. The molecule has 94 valence electrons. The highest BCUT2D eigenvalue weighted by atomic mass is 16.5. The number of hydrogen-bond donors (Lipinski definition) is 2. The fourth-order valence-electron chi connectivity index (χ4n) is 1.13. The van der Waals surface area contributed by atoms with Crippen LogP contribution >= 0.6 is 0 Å². The number of nitrogens with two attached hydrogens (primary N) is 1. The lowest BCUT2D eigenvalue weighted by Crippen LogP contribution is -2.44. The SMILES string of the molecule is COC(=O)CCCCNC(=O)[C@@H](N)C(C)C. The first-order valence-electron chi connectivity index (χ1n) is 5.59. The van der Waals surface area contributed by atoms with E-state index >= 15 is 0 Å². The van der Waals surface area contributed by atoms with Crippen molar-refractivity contribution in [3.63, 3.8) is 0 Å². The van der Waals surface area contributed by atoms with Gasteiger partial charge >= 0.3 is 5.97 Å². The average Bonchev–Trinajstić information content (AvgIpc) is 2.26. The number of rotatable bonds is 7. The van der Waals surface area contributed by atoms with Crippen LogP contribution in [-0.4, -0.2) is 31.6 Å². The third-order valence-electron chi connectivity index (χ3n) is 2.36. The number of amides is 1. The third kappa shape index (κ3) is 6.40. The number of nitrogens with one attached hydrogen (secondary N) is 1. The van der Waals surface area contributed by atoms with E-state index in [1.54, 1.807) is 0 Å². The summed E-state index contributed by atoms with van der Waals surface area (Å²) in [7, 11) is 1.37. The highest BCUT2D eigenvalue weighted by Gasteiger charge is 2.15. The Morgan fingerprint density at radius 1 is 1.31 bits per heavy atom. The van der Waals surface area contributed by atoms with Crippen molar-refractivity contribution in [3.8, 4) is 0 Å². The van der Waals surface area contributed by atoms with Gasteiger partial charge in [-0.05, 0) is 18.8 Å². The number of carbonyl (C=O) groups excluding carboxylic acids is 2. The molecule has 0 heterocycles. The Balaban J connectivity index is 3.52. The monoisotopic (exact) mass is 230 g/mol. The van der Waals surface area contributed by atoms with E-state index < -0.39 is 6.04 Å². The van der Waals surface area contributed by atoms with E-state index in [1.165, 1.54) is 7.11 Å². The Morgan fingerprint density at radius 3 is 2.44 bits per heavy atom. The molecule has 5 heteroatoms. The van der Waals surface area contributed by atoms with Crippen molar-refractivity contribution in [2.24, 2.45) is 11.7 Å². The van der Waals surface area contributed by atoms with Crippen molar-refractivity contribution in [1.29, 1.82) is 0 Å². The smallest absolute Gasteiger partial charge is 0.305 e. The van der Waals surface area contributed by atoms with Gasteiger partial charge in [0.05, 0.1) is 13.2 Å². The van der Waals surface area contributed by atoms with Gasteiger partial charge in [-0.1, -0.05) is 13.8 Å². The largest absolute Gasteiger partial charge is 0.469 e. The fraction of sp³-hybridized carbons (Fsp3) is 0.818. The maximum Gasteiger partial charge on any atom is 0.305 e. The number of carbonyl (C=O) groups is 2. The van der Waals surface area contributed by atoms with E-state index in [2.05, 4.69) is 10.1 Å². The first-order valence-corrected chi connectivity index (χ1v) is 5.59. The molecule has 0 unspecified atom stereocenters. The molecule has 0 aliphatic carbocycles. The van der Waals surface area contributed by atoms with Gasteiger partial charge in [-0.2, -0.15) is 0 Å². The third-order valence-corrected chi connectivity index (χ3v) is 2.36. The molecule has 0 spiro atoms. The van der Waals surface area contributed by atoms with Gasteiger partial charge in [0, 0.05) is 13.0 Å². The molecule has 0 aliphatic rings. The summed E-state index contributed by atoms with van der Waals surface area (Å²) in [4.78, 5) is 22.2. The molecule has 0 rings (SSSR count). The van der Waals surface area contributed by atoms with Crippen LogP contribution in [0.15, 0.2) is 0 Å². The second-order valence-electron chi connectivity index (χ2n) is 4.09. The number of methoxy groups -OCH3 is 1. The Morgan fingerprint density at radius 2 is 1.94 bits per heavy atom. The van der Waals surface area contributed by atoms with Crippen LogP contribution in [0, 0.1) is 5.92 Å². The van der Waals surface area contributed by atoms with Gasteiger partial charge < -0.3 is 15.8 Å². The molecular weight excluding hydrogens is 208 g/mol. The molecule has 5 nitrogen and oxygen atoms in total. The zero-order valence-corrected chi connectivity index (χ0v) is 10.3. The van der Waals surface area contributed by atoms with E-state index in [-0.39, 0.29) is 17.8 Å². The maximum absolute atomic E-state index is 11.4. The Bertz CT molecular complexity index is 229. The molecular formula is C11H22N2O3. The van der Waals surface area contributed by atoms with Crippen LogP contribution in [0.2, 0.25) is 0 Å². The molecule has 0 saturated carbocycles. The van der Waals surface area contributed by atoms with Gasteiger partial charge in [0.25, 0.3) is 0 Å². The zero-order chi connectivity index (χ0) is 12.6. The van der Waals surface area contributed by atoms with Crippen LogP contribution in [0.5, 0.6) is 0 Å². The van der Waals surface area contributed by atoms with Crippen molar-refractivity contribution in [3.05, 3.63) is 0 Å². The quantitative estimate of drug-likeness (QED) is 0.491. The minimum atomic E-state index is -0.458. The molecule has 0 aliphatic heterocycles. The number of hydrogen-bond acceptors (Lipinski definition) is 4. The molecule has 1 amide bonds. The summed E-state index contributed by atoms with van der Waals surface area (Å²) in [6, 6.07) is -0.458. The van der Waals surface area contributed by atoms with Gasteiger partial charge in [-0.15, -0.1) is 0 Å².